The minimum Gasteiger partial charge on any atom is -0.378 e. The van der Waals surface area contributed by atoms with Gasteiger partial charge in [-0.3, -0.25) is 9.59 Å². The van der Waals surface area contributed by atoms with Crippen LogP contribution in [-0.4, -0.2) is 38.6 Å². The summed E-state index contributed by atoms with van der Waals surface area (Å²) in [5.41, 5.74) is 3.89. The van der Waals surface area contributed by atoms with E-state index in [-0.39, 0.29) is 11.8 Å². The minimum absolute atomic E-state index is 0.167. The van der Waals surface area contributed by atoms with E-state index in [2.05, 4.69) is 10.6 Å². The van der Waals surface area contributed by atoms with Crippen LogP contribution in [0.25, 0.3) is 0 Å². The summed E-state index contributed by atoms with van der Waals surface area (Å²) in [6, 6.07) is 12.8. The Bertz CT molecular complexity index is 842. The van der Waals surface area contributed by atoms with Crippen LogP contribution < -0.4 is 15.5 Å². The molecule has 2 amide bonds. The van der Waals surface area contributed by atoms with E-state index in [1.165, 1.54) is 0 Å². The van der Waals surface area contributed by atoms with Crippen LogP contribution in [0.2, 0.25) is 0 Å². The maximum absolute atomic E-state index is 12.6. The summed E-state index contributed by atoms with van der Waals surface area (Å²) in [5.74, 6) is -0.385. The zero-order chi connectivity index (χ0) is 19.4. The molecule has 2 aromatic rings. The molecule has 6 heteroatoms. The maximum atomic E-state index is 12.6. The average molecular weight is 367 g/mol. The van der Waals surface area contributed by atoms with Gasteiger partial charge in [0.25, 0.3) is 11.8 Å². The molecule has 1 aliphatic heterocycles. The Balaban J connectivity index is 1.69. The third-order valence-corrected chi connectivity index (χ3v) is 4.59. The summed E-state index contributed by atoms with van der Waals surface area (Å²) in [7, 11) is 3.95. The molecule has 0 unspecified atom stereocenters. The van der Waals surface area contributed by atoms with Crippen LogP contribution in [-0.2, 0) is 9.53 Å². The molecule has 27 heavy (non-hydrogen) atoms. The van der Waals surface area contributed by atoms with Gasteiger partial charge in [-0.2, -0.15) is 0 Å². The lowest BCUT2D eigenvalue weighted by Gasteiger charge is -2.16. The fourth-order valence-corrected chi connectivity index (χ4v) is 3.01. The molecular weight excluding hydrogens is 342 g/mol. The highest BCUT2D eigenvalue weighted by Crippen LogP contribution is 2.22. The number of amides is 2. The van der Waals surface area contributed by atoms with Gasteiger partial charge in [-0.05, 0) is 61.7 Å². The number of hydrogen-bond acceptors (Lipinski definition) is 4. The van der Waals surface area contributed by atoms with Gasteiger partial charge in [0, 0.05) is 43.3 Å². The molecule has 1 fully saturated rings. The molecule has 0 bridgehead atoms. The highest BCUT2D eigenvalue weighted by atomic mass is 16.5. The van der Waals surface area contributed by atoms with Crippen molar-refractivity contribution >= 4 is 28.9 Å². The molecule has 0 saturated carbocycles. The molecule has 0 aliphatic carbocycles. The number of carbonyl (C=O) groups is 2. The van der Waals surface area contributed by atoms with E-state index in [1.807, 2.05) is 44.1 Å². The molecule has 2 N–H and O–H groups in total. The summed E-state index contributed by atoms with van der Waals surface area (Å²) in [4.78, 5) is 26.8. The first-order valence-electron chi connectivity index (χ1n) is 9.06. The number of rotatable bonds is 5. The molecule has 1 aliphatic rings. The number of carbonyl (C=O) groups excluding carboxylic acids is 2. The zero-order valence-electron chi connectivity index (χ0n) is 15.9. The zero-order valence-corrected chi connectivity index (χ0v) is 15.9. The number of anilines is 3. The van der Waals surface area contributed by atoms with Crippen LogP contribution >= 0.6 is 0 Å². The van der Waals surface area contributed by atoms with Crippen LogP contribution in [0.5, 0.6) is 0 Å². The Kier molecular flexibility index (Phi) is 5.76. The first-order chi connectivity index (χ1) is 12.9. The van der Waals surface area contributed by atoms with E-state index in [0.717, 1.165) is 29.8 Å². The Morgan fingerprint density at radius 1 is 1.11 bits per heavy atom. The lowest BCUT2D eigenvalue weighted by molar-refractivity contribution is -0.124. The second-order valence-corrected chi connectivity index (χ2v) is 6.92. The van der Waals surface area contributed by atoms with Crippen molar-refractivity contribution < 1.29 is 14.3 Å². The standard InChI is InChI=1S/C21H25N3O3/c1-14-12-17(24(2)3)9-10-18(14)23-20(25)15-6-4-7-16(13-15)22-21(26)19-8-5-11-27-19/h4,6-7,9-10,12-13,19H,5,8,11H2,1-3H3,(H,22,26)(H,23,25)/t19-/m1/s1. The molecule has 3 rings (SSSR count). The van der Waals surface area contributed by atoms with Crippen LogP contribution in [0.1, 0.15) is 28.8 Å². The van der Waals surface area contributed by atoms with Gasteiger partial charge < -0.3 is 20.3 Å². The molecule has 1 saturated heterocycles. The lowest BCUT2D eigenvalue weighted by Crippen LogP contribution is -2.27. The molecule has 0 aromatic heterocycles. The van der Waals surface area contributed by atoms with Crippen LogP contribution in [0.15, 0.2) is 42.5 Å². The first kappa shape index (κ1) is 18.9. The van der Waals surface area contributed by atoms with E-state index < -0.39 is 6.10 Å². The minimum atomic E-state index is -0.402. The summed E-state index contributed by atoms with van der Waals surface area (Å²) in [6.07, 6.45) is 1.22. The van der Waals surface area contributed by atoms with Gasteiger partial charge in [-0.1, -0.05) is 6.07 Å². The van der Waals surface area contributed by atoms with Crippen LogP contribution in [0, 0.1) is 6.92 Å². The molecule has 1 atom stereocenters. The predicted molar refractivity (Wildman–Crippen MR) is 108 cm³/mol. The third kappa shape index (κ3) is 4.65. The third-order valence-electron chi connectivity index (χ3n) is 4.59. The number of nitrogens with zero attached hydrogens (tertiary/aromatic N) is 1. The summed E-state index contributed by atoms with van der Waals surface area (Å²) < 4.78 is 5.39. The van der Waals surface area contributed by atoms with Crippen LogP contribution in [0.3, 0.4) is 0 Å². The summed E-state index contributed by atoms with van der Waals surface area (Å²) in [6.45, 7) is 2.58. The van der Waals surface area contributed by atoms with Crippen molar-refractivity contribution in [1.82, 2.24) is 0 Å². The molecule has 0 radical (unpaired) electrons. The predicted octanol–water partition coefficient (Wildman–Crippen LogP) is 3.43. The van der Waals surface area contributed by atoms with Gasteiger partial charge in [0.15, 0.2) is 0 Å². The fourth-order valence-electron chi connectivity index (χ4n) is 3.01. The van der Waals surface area contributed by atoms with E-state index in [0.29, 0.717) is 17.9 Å². The first-order valence-corrected chi connectivity index (χ1v) is 9.06. The molecule has 6 nitrogen and oxygen atoms in total. The summed E-state index contributed by atoms with van der Waals surface area (Å²) in [5, 5.41) is 5.76. The van der Waals surface area contributed by atoms with Crippen molar-refractivity contribution in [2.75, 3.05) is 36.2 Å². The van der Waals surface area contributed by atoms with Gasteiger partial charge in [0.1, 0.15) is 6.10 Å². The topological polar surface area (TPSA) is 70.7 Å². The van der Waals surface area contributed by atoms with Gasteiger partial charge in [-0.25, -0.2) is 0 Å². The van der Waals surface area contributed by atoms with Crippen molar-refractivity contribution in [3.05, 3.63) is 53.6 Å². The van der Waals surface area contributed by atoms with Crippen molar-refractivity contribution in [1.29, 1.82) is 0 Å². The van der Waals surface area contributed by atoms with E-state index in [9.17, 15) is 9.59 Å². The Morgan fingerprint density at radius 2 is 1.93 bits per heavy atom. The Hall–Kier alpha value is -2.86. The van der Waals surface area contributed by atoms with Gasteiger partial charge in [-0.15, -0.1) is 0 Å². The summed E-state index contributed by atoms with van der Waals surface area (Å²) >= 11 is 0. The normalized spacial score (nSPS) is 16.0. The number of ether oxygens (including phenoxy) is 1. The van der Waals surface area contributed by atoms with Crippen molar-refractivity contribution in [2.24, 2.45) is 0 Å². The monoisotopic (exact) mass is 367 g/mol. The van der Waals surface area contributed by atoms with Gasteiger partial charge in [0.2, 0.25) is 0 Å². The van der Waals surface area contributed by atoms with Crippen molar-refractivity contribution in [2.45, 2.75) is 25.9 Å². The fraction of sp³-hybridized carbons (Fsp3) is 0.333. The van der Waals surface area contributed by atoms with E-state index in [4.69, 9.17) is 4.74 Å². The number of nitrogens with one attached hydrogen (secondary N) is 2. The number of benzene rings is 2. The molecule has 2 aromatic carbocycles. The van der Waals surface area contributed by atoms with E-state index >= 15 is 0 Å². The second kappa shape index (κ2) is 8.22. The molecule has 142 valence electrons. The molecule has 0 spiro atoms. The quantitative estimate of drug-likeness (QED) is 0.849. The van der Waals surface area contributed by atoms with Crippen molar-refractivity contribution in [3.8, 4) is 0 Å². The van der Waals surface area contributed by atoms with Crippen molar-refractivity contribution in [3.63, 3.8) is 0 Å². The Morgan fingerprint density at radius 3 is 2.59 bits per heavy atom. The SMILES string of the molecule is Cc1cc(N(C)C)ccc1NC(=O)c1cccc(NC(=O)[C@H]2CCCO2)c1. The highest BCUT2D eigenvalue weighted by Gasteiger charge is 2.23. The number of hydrogen-bond donors (Lipinski definition) is 2. The van der Waals surface area contributed by atoms with E-state index in [1.54, 1.807) is 24.3 Å². The molecular formula is C21H25N3O3. The molecule has 1 heterocycles. The smallest absolute Gasteiger partial charge is 0.255 e. The van der Waals surface area contributed by atoms with Gasteiger partial charge >= 0.3 is 0 Å². The average Bonchev–Trinajstić information content (AvgIpc) is 3.18. The number of aryl methyl sites for hydroxylation is 1. The van der Waals surface area contributed by atoms with Crippen LogP contribution in [0.4, 0.5) is 17.1 Å². The van der Waals surface area contributed by atoms with Gasteiger partial charge in [0.05, 0.1) is 0 Å². The lowest BCUT2D eigenvalue weighted by atomic mass is 10.1. The highest BCUT2D eigenvalue weighted by molar-refractivity contribution is 6.06. The maximum Gasteiger partial charge on any atom is 0.255 e. The largest absolute Gasteiger partial charge is 0.378 e. The second-order valence-electron chi connectivity index (χ2n) is 6.92. The Labute approximate surface area is 159 Å².